The number of rotatable bonds is 0. The molecule has 1 aromatic carbocycles. The van der Waals surface area contributed by atoms with Crippen molar-refractivity contribution in [2.45, 2.75) is 26.2 Å². The summed E-state index contributed by atoms with van der Waals surface area (Å²) < 4.78 is 9.92. The van der Waals surface area contributed by atoms with E-state index in [1.807, 2.05) is 20.8 Å². The lowest BCUT2D eigenvalue weighted by atomic mass is 9.82. The lowest BCUT2D eigenvalue weighted by Gasteiger charge is -2.20. The van der Waals surface area contributed by atoms with Gasteiger partial charge in [0.05, 0.1) is 11.1 Å². The molecule has 2 heterocycles. The van der Waals surface area contributed by atoms with Crippen LogP contribution in [0.3, 0.4) is 0 Å². The van der Waals surface area contributed by atoms with Gasteiger partial charge in [0.2, 0.25) is 0 Å². The standard InChI is InChI=1S/C13H11NO5/c1-13(2,3)8-7-5(10(15)14-11(7)16)4-6-9(8)19-12(17)18-6/h4H,1-3H3,(H,14,15,16). The molecular formula is C13H11NO5. The normalized spacial score (nSPS) is 14.9. The summed E-state index contributed by atoms with van der Waals surface area (Å²) in [6.45, 7) is 5.60. The van der Waals surface area contributed by atoms with Crippen LogP contribution < -0.4 is 11.1 Å². The lowest BCUT2D eigenvalue weighted by molar-refractivity contribution is 0.0879. The summed E-state index contributed by atoms with van der Waals surface area (Å²) in [4.78, 5) is 34.9. The molecule has 1 aliphatic heterocycles. The number of hydrogen-bond donors (Lipinski definition) is 1. The summed E-state index contributed by atoms with van der Waals surface area (Å²) in [5.74, 6) is -1.82. The van der Waals surface area contributed by atoms with Crippen molar-refractivity contribution in [3.63, 3.8) is 0 Å². The van der Waals surface area contributed by atoms with Gasteiger partial charge in [0.15, 0.2) is 11.2 Å². The second kappa shape index (κ2) is 3.34. The van der Waals surface area contributed by atoms with Crippen LogP contribution in [0.25, 0.3) is 11.2 Å². The minimum Gasteiger partial charge on any atom is -0.391 e. The molecule has 0 bridgehead atoms. The van der Waals surface area contributed by atoms with Crippen molar-refractivity contribution in [1.29, 1.82) is 0 Å². The molecule has 1 N–H and O–H groups in total. The topological polar surface area (TPSA) is 89.5 Å². The maximum absolute atomic E-state index is 11.9. The maximum atomic E-state index is 11.9. The summed E-state index contributed by atoms with van der Waals surface area (Å²) in [7, 11) is 0. The molecule has 0 fully saturated rings. The lowest BCUT2D eigenvalue weighted by Crippen LogP contribution is -2.22. The van der Waals surface area contributed by atoms with Crippen molar-refractivity contribution in [2.75, 3.05) is 0 Å². The van der Waals surface area contributed by atoms with E-state index in [9.17, 15) is 14.4 Å². The SMILES string of the molecule is CC(C)(C)c1c2c(cc3oc(=O)oc13)C(=O)NC2=O. The van der Waals surface area contributed by atoms with E-state index in [0.717, 1.165) is 0 Å². The number of nitrogens with one attached hydrogen (secondary N) is 1. The average molecular weight is 261 g/mol. The second-order valence-corrected chi connectivity index (χ2v) is 5.49. The zero-order valence-corrected chi connectivity index (χ0v) is 10.6. The molecule has 0 unspecified atom stereocenters. The monoisotopic (exact) mass is 261 g/mol. The third-order valence-electron chi connectivity index (χ3n) is 3.07. The predicted molar refractivity (Wildman–Crippen MR) is 65.2 cm³/mol. The van der Waals surface area contributed by atoms with E-state index in [4.69, 9.17) is 8.83 Å². The fourth-order valence-corrected chi connectivity index (χ4v) is 2.37. The van der Waals surface area contributed by atoms with Crippen molar-refractivity contribution in [3.05, 3.63) is 33.4 Å². The number of benzene rings is 1. The number of carbonyl (C=O) groups excluding carboxylic acids is 2. The Bertz CT molecular complexity index is 788. The fraction of sp³-hybridized carbons (Fsp3) is 0.308. The van der Waals surface area contributed by atoms with Crippen LogP contribution in [-0.2, 0) is 5.41 Å². The maximum Gasteiger partial charge on any atom is 0.519 e. The Labute approximate surface area is 107 Å². The van der Waals surface area contributed by atoms with Gasteiger partial charge in [0, 0.05) is 5.56 Å². The summed E-state index contributed by atoms with van der Waals surface area (Å²) >= 11 is 0. The zero-order valence-electron chi connectivity index (χ0n) is 10.6. The smallest absolute Gasteiger partial charge is 0.391 e. The first-order valence-electron chi connectivity index (χ1n) is 5.76. The molecule has 0 saturated heterocycles. The third kappa shape index (κ3) is 1.53. The highest BCUT2D eigenvalue weighted by Gasteiger charge is 2.37. The molecule has 0 atom stereocenters. The van der Waals surface area contributed by atoms with Crippen molar-refractivity contribution in [2.24, 2.45) is 0 Å². The molecule has 98 valence electrons. The number of imide groups is 1. The molecule has 0 aliphatic carbocycles. The second-order valence-electron chi connectivity index (χ2n) is 5.49. The summed E-state index contributed by atoms with van der Waals surface area (Å²) in [5.41, 5.74) is 0.904. The Morgan fingerprint density at radius 3 is 2.37 bits per heavy atom. The van der Waals surface area contributed by atoms with E-state index in [1.165, 1.54) is 6.07 Å². The molecule has 0 spiro atoms. The quantitative estimate of drug-likeness (QED) is 0.727. The molecule has 6 nitrogen and oxygen atoms in total. The van der Waals surface area contributed by atoms with Gasteiger partial charge in [0.25, 0.3) is 11.8 Å². The molecule has 6 heteroatoms. The minimum atomic E-state index is -0.850. The van der Waals surface area contributed by atoms with E-state index in [1.54, 1.807) is 0 Å². The molecule has 0 saturated carbocycles. The summed E-state index contributed by atoms with van der Waals surface area (Å²) in [5, 5.41) is 2.23. The Morgan fingerprint density at radius 1 is 1.05 bits per heavy atom. The highest BCUT2D eigenvalue weighted by molar-refractivity contribution is 6.23. The van der Waals surface area contributed by atoms with Gasteiger partial charge in [0.1, 0.15) is 0 Å². The summed E-state index contributed by atoms with van der Waals surface area (Å²) in [6.07, 6.45) is 0. The van der Waals surface area contributed by atoms with Gasteiger partial charge < -0.3 is 8.83 Å². The summed E-state index contributed by atoms with van der Waals surface area (Å²) in [6, 6.07) is 1.37. The van der Waals surface area contributed by atoms with Gasteiger partial charge >= 0.3 is 5.82 Å². The first kappa shape index (κ1) is 11.7. The van der Waals surface area contributed by atoms with Crippen LogP contribution in [0, 0.1) is 0 Å². The first-order chi connectivity index (χ1) is 8.79. The van der Waals surface area contributed by atoms with E-state index in [-0.39, 0.29) is 22.3 Å². The highest BCUT2D eigenvalue weighted by Crippen LogP contribution is 2.36. The number of fused-ring (bicyclic) bond motifs is 2. The van der Waals surface area contributed by atoms with Crippen LogP contribution in [0.4, 0.5) is 0 Å². The Kier molecular flexibility index (Phi) is 2.06. The van der Waals surface area contributed by atoms with Crippen LogP contribution in [-0.4, -0.2) is 11.8 Å². The van der Waals surface area contributed by atoms with E-state index in [2.05, 4.69) is 5.32 Å². The van der Waals surface area contributed by atoms with Crippen molar-refractivity contribution in [1.82, 2.24) is 5.32 Å². The molecule has 19 heavy (non-hydrogen) atoms. The molecular weight excluding hydrogens is 250 g/mol. The van der Waals surface area contributed by atoms with Crippen LogP contribution in [0.5, 0.6) is 0 Å². The molecule has 2 amide bonds. The molecule has 1 aromatic heterocycles. The van der Waals surface area contributed by atoms with Gasteiger partial charge in [-0.2, -0.15) is 0 Å². The average Bonchev–Trinajstić information content (AvgIpc) is 2.75. The van der Waals surface area contributed by atoms with Gasteiger partial charge in [-0.1, -0.05) is 20.8 Å². The van der Waals surface area contributed by atoms with Crippen LogP contribution >= 0.6 is 0 Å². The van der Waals surface area contributed by atoms with Gasteiger partial charge in [-0.15, -0.1) is 0 Å². The van der Waals surface area contributed by atoms with Crippen molar-refractivity contribution < 1.29 is 18.4 Å². The highest BCUT2D eigenvalue weighted by atomic mass is 16.6. The Balaban J connectivity index is 2.55. The molecule has 1 aliphatic rings. The van der Waals surface area contributed by atoms with Crippen LogP contribution in [0.1, 0.15) is 47.1 Å². The number of carbonyl (C=O) groups is 2. The number of hydrogen-bond acceptors (Lipinski definition) is 5. The molecule has 0 radical (unpaired) electrons. The van der Waals surface area contributed by atoms with E-state index in [0.29, 0.717) is 5.56 Å². The van der Waals surface area contributed by atoms with Gasteiger partial charge in [-0.25, -0.2) is 4.79 Å². The first-order valence-corrected chi connectivity index (χ1v) is 5.76. The predicted octanol–water partition coefficient (Wildman–Crippen LogP) is 1.57. The largest absolute Gasteiger partial charge is 0.519 e. The van der Waals surface area contributed by atoms with Crippen LogP contribution in [0.2, 0.25) is 0 Å². The van der Waals surface area contributed by atoms with Crippen LogP contribution in [0.15, 0.2) is 19.7 Å². The van der Waals surface area contributed by atoms with E-state index < -0.39 is 23.1 Å². The fourth-order valence-electron chi connectivity index (χ4n) is 2.37. The third-order valence-corrected chi connectivity index (χ3v) is 3.07. The Hall–Kier alpha value is -2.37. The van der Waals surface area contributed by atoms with E-state index >= 15 is 0 Å². The van der Waals surface area contributed by atoms with Crippen molar-refractivity contribution >= 4 is 23.0 Å². The van der Waals surface area contributed by atoms with Gasteiger partial charge in [-0.3, -0.25) is 14.9 Å². The Morgan fingerprint density at radius 2 is 1.74 bits per heavy atom. The van der Waals surface area contributed by atoms with Gasteiger partial charge in [-0.05, 0) is 11.5 Å². The minimum absolute atomic E-state index is 0.179. The molecule has 2 aromatic rings. The van der Waals surface area contributed by atoms with Crippen molar-refractivity contribution in [3.8, 4) is 0 Å². The number of amides is 2. The zero-order chi connectivity index (χ0) is 13.9. The molecule has 3 rings (SSSR count).